The van der Waals surface area contributed by atoms with E-state index < -0.39 is 7.80 Å². The molecule has 2 rings (SSSR count). The SMILES string of the molecule is Cc1cc(C)c(C[P+](=O)Cc2c(C)cc(C)cc2C)c(C)c1. The molecule has 2 aromatic carbocycles. The maximum atomic E-state index is 12.7. The summed E-state index contributed by atoms with van der Waals surface area (Å²) in [6.45, 7) is 12.7. The lowest BCUT2D eigenvalue weighted by molar-refractivity contribution is 0.586. The zero-order valence-corrected chi connectivity index (χ0v) is 15.5. The average molecular weight is 313 g/mol. The molecule has 116 valence electrons. The van der Waals surface area contributed by atoms with E-state index in [9.17, 15) is 4.57 Å². The number of benzene rings is 2. The van der Waals surface area contributed by atoms with Gasteiger partial charge >= 0.3 is 7.80 Å². The van der Waals surface area contributed by atoms with Crippen LogP contribution in [0.4, 0.5) is 0 Å². The fourth-order valence-electron chi connectivity index (χ4n) is 3.33. The minimum absolute atomic E-state index is 0.681. The summed E-state index contributed by atoms with van der Waals surface area (Å²) < 4.78 is 12.7. The van der Waals surface area contributed by atoms with Crippen molar-refractivity contribution >= 4 is 7.80 Å². The molecule has 0 fully saturated rings. The first kappa shape index (κ1) is 16.9. The topological polar surface area (TPSA) is 17.1 Å². The fourth-order valence-corrected chi connectivity index (χ4v) is 5.14. The molecule has 0 unspecified atom stereocenters. The van der Waals surface area contributed by atoms with Crippen LogP contribution in [0.2, 0.25) is 0 Å². The second-order valence-electron chi connectivity index (χ2n) is 6.55. The summed E-state index contributed by atoms with van der Waals surface area (Å²) in [5, 5.41) is 0. The van der Waals surface area contributed by atoms with Crippen LogP contribution in [0.25, 0.3) is 0 Å². The van der Waals surface area contributed by atoms with Crippen molar-refractivity contribution in [3.8, 4) is 0 Å². The number of hydrogen-bond donors (Lipinski definition) is 0. The van der Waals surface area contributed by atoms with Crippen LogP contribution in [0.1, 0.15) is 44.5 Å². The van der Waals surface area contributed by atoms with Crippen molar-refractivity contribution in [1.29, 1.82) is 0 Å². The Hall–Kier alpha value is -1.46. The molecule has 0 bridgehead atoms. The van der Waals surface area contributed by atoms with E-state index in [0.717, 1.165) is 0 Å². The summed E-state index contributed by atoms with van der Waals surface area (Å²) >= 11 is 0. The van der Waals surface area contributed by atoms with Crippen molar-refractivity contribution in [1.82, 2.24) is 0 Å². The molecule has 0 saturated heterocycles. The van der Waals surface area contributed by atoms with Gasteiger partial charge in [-0.15, -0.1) is 0 Å². The first-order valence-electron chi connectivity index (χ1n) is 7.83. The van der Waals surface area contributed by atoms with Gasteiger partial charge in [0.1, 0.15) is 0 Å². The molecule has 22 heavy (non-hydrogen) atoms. The molecule has 0 aliphatic carbocycles. The van der Waals surface area contributed by atoms with Gasteiger partial charge in [-0.3, -0.25) is 0 Å². The quantitative estimate of drug-likeness (QED) is 0.627. The van der Waals surface area contributed by atoms with Gasteiger partial charge in [0.05, 0.1) is 0 Å². The Balaban J connectivity index is 2.22. The van der Waals surface area contributed by atoms with Gasteiger partial charge in [0.2, 0.25) is 0 Å². The van der Waals surface area contributed by atoms with E-state index in [1.165, 1.54) is 44.5 Å². The maximum Gasteiger partial charge on any atom is 0.348 e. The summed E-state index contributed by atoms with van der Waals surface area (Å²) in [5.74, 6) is 0. The van der Waals surface area contributed by atoms with E-state index in [0.29, 0.717) is 12.3 Å². The van der Waals surface area contributed by atoms with E-state index in [1.807, 2.05) is 0 Å². The van der Waals surface area contributed by atoms with Crippen molar-refractivity contribution < 1.29 is 4.57 Å². The Morgan fingerprint density at radius 3 is 1.18 bits per heavy atom. The van der Waals surface area contributed by atoms with Crippen LogP contribution in [-0.4, -0.2) is 0 Å². The Labute approximate surface area is 135 Å². The second-order valence-corrected chi connectivity index (χ2v) is 8.15. The largest absolute Gasteiger partial charge is 0.348 e. The lowest BCUT2D eigenvalue weighted by Crippen LogP contribution is -1.96. The first-order chi connectivity index (χ1) is 10.3. The van der Waals surface area contributed by atoms with Crippen LogP contribution in [0, 0.1) is 41.5 Å². The van der Waals surface area contributed by atoms with Gasteiger partial charge in [0.15, 0.2) is 12.3 Å². The second kappa shape index (κ2) is 6.75. The van der Waals surface area contributed by atoms with Crippen LogP contribution < -0.4 is 0 Å². The van der Waals surface area contributed by atoms with Gasteiger partial charge in [0.25, 0.3) is 0 Å². The number of hydrogen-bond acceptors (Lipinski definition) is 1. The average Bonchev–Trinajstić information content (AvgIpc) is 2.38. The molecule has 0 spiro atoms. The van der Waals surface area contributed by atoms with Gasteiger partial charge in [-0.25, -0.2) is 0 Å². The third kappa shape index (κ3) is 3.84. The molecular formula is C20H26OP+. The van der Waals surface area contributed by atoms with Gasteiger partial charge in [-0.2, -0.15) is 0 Å². The third-order valence-corrected chi connectivity index (χ3v) is 5.69. The fraction of sp³-hybridized carbons (Fsp3) is 0.400. The first-order valence-corrected chi connectivity index (χ1v) is 9.46. The zero-order chi connectivity index (χ0) is 16.4. The van der Waals surface area contributed by atoms with Crippen molar-refractivity contribution in [3.05, 3.63) is 68.8 Å². The van der Waals surface area contributed by atoms with Crippen LogP contribution >= 0.6 is 7.80 Å². The molecule has 2 aromatic rings. The molecule has 0 amide bonds. The summed E-state index contributed by atoms with van der Waals surface area (Å²) in [4.78, 5) is 0. The van der Waals surface area contributed by atoms with Crippen LogP contribution in [0.3, 0.4) is 0 Å². The molecule has 0 N–H and O–H groups in total. The van der Waals surface area contributed by atoms with Crippen molar-refractivity contribution in [3.63, 3.8) is 0 Å². The molecule has 0 atom stereocenters. The smallest absolute Gasteiger partial charge is 0.0740 e. The molecular weight excluding hydrogens is 287 g/mol. The molecule has 2 heteroatoms. The highest BCUT2D eigenvalue weighted by atomic mass is 31.1. The Bertz CT molecular complexity index is 621. The predicted octanol–water partition coefficient (Wildman–Crippen LogP) is 6.06. The molecule has 0 aromatic heterocycles. The van der Waals surface area contributed by atoms with Gasteiger partial charge in [-0.05, 0) is 63.8 Å². The number of aryl methyl sites for hydroxylation is 6. The van der Waals surface area contributed by atoms with E-state index in [1.54, 1.807) is 0 Å². The number of rotatable bonds is 4. The summed E-state index contributed by atoms with van der Waals surface area (Å²) in [7, 11) is -1.27. The highest BCUT2D eigenvalue weighted by Gasteiger charge is 2.22. The van der Waals surface area contributed by atoms with Crippen LogP contribution in [0.5, 0.6) is 0 Å². The molecule has 0 heterocycles. The van der Waals surface area contributed by atoms with E-state index in [4.69, 9.17) is 0 Å². The van der Waals surface area contributed by atoms with Crippen molar-refractivity contribution in [2.24, 2.45) is 0 Å². The Morgan fingerprint density at radius 2 is 0.909 bits per heavy atom. The van der Waals surface area contributed by atoms with Crippen LogP contribution in [-0.2, 0) is 16.9 Å². The van der Waals surface area contributed by atoms with Crippen molar-refractivity contribution in [2.75, 3.05) is 0 Å². The molecule has 0 aliphatic rings. The van der Waals surface area contributed by atoms with Crippen LogP contribution in [0.15, 0.2) is 24.3 Å². The summed E-state index contributed by atoms with van der Waals surface area (Å²) in [6, 6.07) is 8.75. The van der Waals surface area contributed by atoms with Gasteiger partial charge in [-0.1, -0.05) is 40.0 Å². The standard InChI is InChI=1S/C20H26OP/c1-13-7-15(3)19(16(4)8-13)11-22(21)12-20-17(5)9-14(2)10-18(20)6/h7-10H,11-12H2,1-6H3/q+1. The van der Waals surface area contributed by atoms with Crippen molar-refractivity contribution in [2.45, 2.75) is 53.9 Å². The lowest BCUT2D eigenvalue weighted by atomic mass is 10.0. The molecule has 0 aliphatic heterocycles. The lowest BCUT2D eigenvalue weighted by Gasteiger charge is -2.09. The van der Waals surface area contributed by atoms with Gasteiger partial charge in [0, 0.05) is 11.1 Å². The van der Waals surface area contributed by atoms with E-state index >= 15 is 0 Å². The minimum atomic E-state index is -1.27. The summed E-state index contributed by atoms with van der Waals surface area (Å²) in [5.41, 5.74) is 10.1. The minimum Gasteiger partial charge on any atom is -0.0740 e. The normalized spacial score (nSPS) is 10.8. The van der Waals surface area contributed by atoms with E-state index in [-0.39, 0.29) is 0 Å². The Kier molecular flexibility index (Phi) is 5.19. The monoisotopic (exact) mass is 313 g/mol. The predicted molar refractivity (Wildman–Crippen MR) is 96.3 cm³/mol. The third-order valence-electron chi connectivity index (χ3n) is 4.35. The van der Waals surface area contributed by atoms with Gasteiger partial charge < -0.3 is 0 Å². The molecule has 0 saturated carbocycles. The van der Waals surface area contributed by atoms with E-state index in [2.05, 4.69) is 65.8 Å². The highest BCUT2D eigenvalue weighted by Crippen LogP contribution is 2.36. The Morgan fingerprint density at radius 1 is 0.636 bits per heavy atom. The molecule has 0 radical (unpaired) electrons. The maximum absolute atomic E-state index is 12.7. The highest BCUT2D eigenvalue weighted by molar-refractivity contribution is 7.42. The zero-order valence-electron chi connectivity index (χ0n) is 14.6. The molecule has 1 nitrogen and oxygen atoms in total. The summed E-state index contributed by atoms with van der Waals surface area (Å²) in [6.07, 6.45) is 1.36.